The summed E-state index contributed by atoms with van der Waals surface area (Å²) in [5.74, 6) is -0.111. The van der Waals surface area contributed by atoms with E-state index in [4.69, 9.17) is 0 Å². The van der Waals surface area contributed by atoms with E-state index in [0.29, 0.717) is 25.2 Å². The Balaban J connectivity index is 1.77. The molecule has 7 heteroatoms. The van der Waals surface area contributed by atoms with Crippen LogP contribution in [-0.2, 0) is 4.79 Å². The zero-order valence-corrected chi connectivity index (χ0v) is 12.7. The van der Waals surface area contributed by atoms with E-state index < -0.39 is 12.7 Å². The van der Waals surface area contributed by atoms with E-state index in [0.717, 1.165) is 19.4 Å². The average molecular weight is 326 g/mol. The van der Waals surface area contributed by atoms with E-state index >= 15 is 0 Å². The van der Waals surface area contributed by atoms with Crippen LogP contribution in [0, 0.1) is 0 Å². The third kappa shape index (κ3) is 3.45. The smallest absolute Gasteiger partial charge is 0.387 e. The largest absolute Gasteiger partial charge is 0.433 e. The summed E-state index contributed by atoms with van der Waals surface area (Å²) in [4.78, 5) is 16.2. The first-order valence-corrected chi connectivity index (χ1v) is 7.83. The van der Waals surface area contributed by atoms with Gasteiger partial charge in [0.2, 0.25) is 5.91 Å². The molecule has 2 atom stereocenters. The molecule has 23 heavy (non-hydrogen) atoms. The van der Waals surface area contributed by atoms with Gasteiger partial charge in [0.1, 0.15) is 5.75 Å². The van der Waals surface area contributed by atoms with Gasteiger partial charge in [0, 0.05) is 13.1 Å². The number of likely N-dealkylation sites (tertiary alicyclic amines) is 1. The van der Waals surface area contributed by atoms with Crippen molar-refractivity contribution in [2.24, 2.45) is 0 Å². The van der Waals surface area contributed by atoms with Gasteiger partial charge in [-0.2, -0.15) is 8.78 Å². The molecule has 2 aliphatic heterocycles. The minimum Gasteiger partial charge on any atom is -0.433 e. The third-order valence-electron chi connectivity index (χ3n) is 4.42. The number of amides is 1. The summed E-state index contributed by atoms with van der Waals surface area (Å²) in [6.07, 6.45) is 1.83. The Labute approximate surface area is 133 Å². The fraction of sp³-hybridized carbons (Fsp3) is 0.562. The molecule has 0 aromatic heterocycles. The van der Waals surface area contributed by atoms with Crippen LogP contribution in [0.25, 0.3) is 0 Å². The number of halogens is 2. The predicted molar refractivity (Wildman–Crippen MR) is 80.6 cm³/mol. The molecular formula is C16H20F2N2O3. The normalized spacial score (nSPS) is 26.1. The molecule has 1 aromatic rings. The fourth-order valence-electron chi connectivity index (χ4n) is 3.39. The number of hydrogen-bond acceptors (Lipinski definition) is 4. The number of alkyl halides is 2. The lowest BCUT2D eigenvalue weighted by molar-refractivity contribution is -0.122. The maximum atomic E-state index is 12.7. The van der Waals surface area contributed by atoms with Gasteiger partial charge in [0.05, 0.1) is 17.8 Å². The van der Waals surface area contributed by atoms with Crippen molar-refractivity contribution >= 4 is 11.6 Å². The van der Waals surface area contributed by atoms with Crippen molar-refractivity contribution in [3.8, 4) is 5.75 Å². The molecule has 0 unspecified atom stereocenters. The number of ether oxygens (including phenoxy) is 1. The quantitative estimate of drug-likeness (QED) is 0.917. The second-order valence-corrected chi connectivity index (χ2v) is 5.93. The molecule has 2 fully saturated rings. The van der Waals surface area contributed by atoms with Crippen molar-refractivity contribution in [2.75, 3.05) is 24.5 Å². The second kappa shape index (κ2) is 6.80. The predicted octanol–water partition coefficient (Wildman–Crippen LogP) is 1.85. The summed E-state index contributed by atoms with van der Waals surface area (Å²) in [7, 11) is 0. The second-order valence-electron chi connectivity index (χ2n) is 5.93. The van der Waals surface area contributed by atoms with E-state index in [9.17, 15) is 18.7 Å². The van der Waals surface area contributed by atoms with Crippen LogP contribution in [0.5, 0.6) is 5.75 Å². The summed E-state index contributed by atoms with van der Waals surface area (Å²) in [5, 5.41) is 9.78. The molecule has 0 saturated carbocycles. The number of β-amino-alcohol motifs (C(OH)–C–C–N with tert-alkyl or cyclic N) is 1. The minimum atomic E-state index is -2.93. The number of para-hydroxylation sites is 2. The number of aliphatic hydroxyl groups is 1. The Morgan fingerprint density at radius 2 is 2.00 bits per heavy atom. The Bertz CT molecular complexity index is 570. The number of aliphatic hydroxyl groups excluding tert-OH is 1. The van der Waals surface area contributed by atoms with Crippen molar-refractivity contribution in [3.05, 3.63) is 24.3 Å². The highest BCUT2D eigenvalue weighted by Gasteiger charge is 2.39. The maximum Gasteiger partial charge on any atom is 0.387 e. The number of carbonyl (C=O) groups is 1. The van der Waals surface area contributed by atoms with E-state index in [-0.39, 0.29) is 17.7 Å². The highest BCUT2D eigenvalue weighted by molar-refractivity contribution is 6.00. The van der Waals surface area contributed by atoms with Crippen LogP contribution < -0.4 is 9.64 Å². The minimum absolute atomic E-state index is 0.00942. The first kappa shape index (κ1) is 16.1. The fourth-order valence-corrected chi connectivity index (χ4v) is 3.39. The summed E-state index contributed by atoms with van der Waals surface area (Å²) in [5.41, 5.74) is 0.373. The number of benzene rings is 1. The topological polar surface area (TPSA) is 53.0 Å². The van der Waals surface area contributed by atoms with E-state index in [1.54, 1.807) is 18.2 Å². The van der Waals surface area contributed by atoms with Crippen molar-refractivity contribution in [2.45, 2.75) is 38.0 Å². The number of hydrogen-bond donors (Lipinski definition) is 1. The number of piperidine rings is 1. The van der Waals surface area contributed by atoms with Crippen LogP contribution >= 0.6 is 0 Å². The number of nitrogens with zero attached hydrogens (tertiary/aromatic N) is 2. The summed E-state index contributed by atoms with van der Waals surface area (Å²) >= 11 is 0. The highest BCUT2D eigenvalue weighted by atomic mass is 19.3. The Morgan fingerprint density at radius 1 is 1.22 bits per heavy atom. The average Bonchev–Trinajstić information content (AvgIpc) is 2.89. The van der Waals surface area contributed by atoms with Gasteiger partial charge in [-0.1, -0.05) is 12.1 Å². The zero-order chi connectivity index (χ0) is 16.4. The summed E-state index contributed by atoms with van der Waals surface area (Å²) in [6.45, 7) is -1.21. The molecule has 1 N–H and O–H groups in total. The van der Waals surface area contributed by atoms with Crippen LogP contribution in [0.4, 0.5) is 14.5 Å². The number of carbonyl (C=O) groups excluding carboxylic acids is 1. The van der Waals surface area contributed by atoms with Gasteiger partial charge in [0.15, 0.2) is 0 Å². The van der Waals surface area contributed by atoms with Crippen LogP contribution in [0.2, 0.25) is 0 Å². The highest BCUT2D eigenvalue weighted by Crippen LogP contribution is 2.34. The molecule has 5 nitrogen and oxygen atoms in total. The molecule has 1 amide bonds. The summed E-state index contributed by atoms with van der Waals surface area (Å²) in [6, 6.07) is 6.04. The van der Waals surface area contributed by atoms with Crippen LogP contribution in [0.1, 0.15) is 19.3 Å². The Hall–Kier alpha value is -1.73. The molecule has 126 valence electrons. The molecule has 2 aliphatic rings. The van der Waals surface area contributed by atoms with Gasteiger partial charge in [-0.05, 0) is 37.9 Å². The first-order valence-electron chi connectivity index (χ1n) is 7.83. The van der Waals surface area contributed by atoms with Crippen molar-refractivity contribution in [3.63, 3.8) is 0 Å². The molecule has 1 aromatic carbocycles. The lowest BCUT2D eigenvalue weighted by atomic mass is 10.1. The van der Waals surface area contributed by atoms with E-state index in [2.05, 4.69) is 4.74 Å². The standard InChI is InChI=1S/C16H20F2N2O3/c17-16(18)23-14-6-2-1-5-12(14)20-9-7-13(15(20)22)19-8-3-4-11(21)10-19/h1-2,5-6,11,13,16,21H,3-4,7-10H2/t11-,13-/m0/s1. The Kier molecular flexibility index (Phi) is 4.77. The molecule has 2 saturated heterocycles. The van der Waals surface area contributed by atoms with Crippen LogP contribution in [0.3, 0.4) is 0 Å². The lowest BCUT2D eigenvalue weighted by Crippen LogP contribution is -2.48. The monoisotopic (exact) mass is 326 g/mol. The number of rotatable bonds is 4. The lowest BCUT2D eigenvalue weighted by Gasteiger charge is -2.33. The molecule has 3 rings (SSSR count). The molecular weight excluding hydrogens is 306 g/mol. The van der Waals surface area contributed by atoms with Crippen molar-refractivity contribution in [1.29, 1.82) is 0 Å². The molecule has 2 heterocycles. The Morgan fingerprint density at radius 3 is 2.74 bits per heavy atom. The van der Waals surface area contributed by atoms with E-state index in [1.165, 1.54) is 11.0 Å². The summed E-state index contributed by atoms with van der Waals surface area (Å²) < 4.78 is 29.6. The van der Waals surface area contributed by atoms with Gasteiger partial charge in [0.25, 0.3) is 0 Å². The van der Waals surface area contributed by atoms with Gasteiger partial charge in [-0.3, -0.25) is 9.69 Å². The van der Waals surface area contributed by atoms with Crippen LogP contribution in [0.15, 0.2) is 24.3 Å². The van der Waals surface area contributed by atoms with Crippen molar-refractivity contribution in [1.82, 2.24) is 4.90 Å². The first-order chi connectivity index (χ1) is 11.1. The van der Waals surface area contributed by atoms with Gasteiger partial charge in [-0.15, -0.1) is 0 Å². The molecule has 0 bridgehead atoms. The van der Waals surface area contributed by atoms with E-state index in [1.807, 2.05) is 4.90 Å². The molecule has 0 radical (unpaired) electrons. The van der Waals surface area contributed by atoms with Gasteiger partial charge in [-0.25, -0.2) is 0 Å². The molecule has 0 aliphatic carbocycles. The van der Waals surface area contributed by atoms with Gasteiger partial charge >= 0.3 is 6.61 Å². The van der Waals surface area contributed by atoms with Gasteiger partial charge < -0.3 is 14.7 Å². The number of anilines is 1. The zero-order valence-electron chi connectivity index (χ0n) is 12.7. The van der Waals surface area contributed by atoms with Crippen LogP contribution in [-0.4, -0.2) is 54.3 Å². The van der Waals surface area contributed by atoms with Crippen molar-refractivity contribution < 1.29 is 23.4 Å². The maximum absolute atomic E-state index is 12.7. The SMILES string of the molecule is O=C1[C@@H](N2CCC[C@H](O)C2)CCN1c1ccccc1OC(F)F. The third-order valence-corrected chi connectivity index (χ3v) is 4.42. The molecule has 0 spiro atoms.